The second-order valence-electron chi connectivity index (χ2n) is 3.98. The van der Waals surface area contributed by atoms with Gasteiger partial charge in [0.15, 0.2) is 5.69 Å². The Balaban J connectivity index is 2.67. The van der Waals surface area contributed by atoms with E-state index in [4.69, 9.17) is 0 Å². The molecule has 0 radical (unpaired) electrons. The Morgan fingerprint density at radius 1 is 1.38 bits per heavy atom. The molecular weight excluding hydrogens is 289 g/mol. The van der Waals surface area contributed by atoms with Crippen LogP contribution in [0.15, 0.2) is 18.7 Å². The fourth-order valence-corrected chi connectivity index (χ4v) is 1.50. The van der Waals surface area contributed by atoms with Crippen molar-refractivity contribution in [2.45, 2.75) is 19.6 Å². The van der Waals surface area contributed by atoms with Crippen LogP contribution in [0.3, 0.4) is 0 Å². The highest BCUT2D eigenvalue weighted by Crippen LogP contribution is 2.28. The van der Waals surface area contributed by atoms with Gasteiger partial charge >= 0.3 is 6.18 Å². The monoisotopic (exact) mass is 304 g/mol. The summed E-state index contributed by atoms with van der Waals surface area (Å²) >= 11 is 0. The molecule has 0 aliphatic carbocycles. The van der Waals surface area contributed by atoms with Gasteiger partial charge in [0.1, 0.15) is 5.69 Å². The molecule has 1 aromatic heterocycles. The van der Waals surface area contributed by atoms with Crippen molar-refractivity contribution >= 4 is 11.8 Å². The van der Waals surface area contributed by atoms with E-state index in [0.717, 1.165) is 10.8 Å². The minimum atomic E-state index is -4.60. The van der Waals surface area contributed by atoms with E-state index >= 15 is 0 Å². The van der Waals surface area contributed by atoms with Crippen molar-refractivity contribution in [3.63, 3.8) is 0 Å². The van der Waals surface area contributed by atoms with E-state index in [-0.39, 0.29) is 25.3 Å². The van der Waals surface area contributed by atoms with E-state index in [2.05, 4.69) is 22.3 Å². The number of nitrogens with one attached hydrogen (secondary N) is 2. The number of aromatic nitrogens is 2. The Kier molecular flexibility index (Phi) is 5.51. The standard InChI is InChI=1S/C12H15F3N4O2/c1-3-10(20)16-5-6-17-11(21)8-7-9(12(13,14)15)18-19(8)4-2/h3,7H,1,4-6H2,2H3,(H,16,20)(H,17,21). The van der Waals surface area contributed by atoms with E-state index in [9.17, 15) is 22.8 Å². The van der Waals surface area contributed by atoms with Gasteiger partial charge in [-0.15, -0.1) is 0 Å². The molecule has 0 aromatic carbocycles. The average molecular weight is 304 g/mol. The summed E-state index contributed by atoms with van der Waals surface area (Å²) < 4.78 is 38.6. The Labute approximate surface area is 119 Å². The van der Waals surface area contributed by atoms with Crippen LogP contribution in [-0.2, 0) is 17.5 Å². The van der Waals surface area contributed by atoms with Crippen molar-refractivity contribution in [1.29, 1.82) is 0 Å². The number of rotatable bonds is 6. The molecule has 1 rings (SSSR count). The lowest BCUT2D eigenvalue weighted by molar-refractivity contribution is -0.141. The summed E-state index contributed by atoms with van der Waals surface area (Å²) in [5, 5.41) is 8.16. The fraction of sp³-hybridized carbons (Fsp3) is 0.417. The molecule has 0 aliphatic rings. The van der Waals surface area contributed by atoms with E-state index in [1.807, 2.05) is 0 Å². The van der Waals surface area contributed by atoms with Crippen molar-refractivity contribution in [3.8, 4) is 0 Å². The summed E-state index contributed by atoms with van der Waals surface area (Å²) in [5.74, 6) is -1.09. The topological polar surface area (TPSA) is 76.0 Å². The summed E-state index contributed by atoms with van der Waals surface area (Å²) in [6.45, 7) is 5.18. The van der Waals surface area contributed by atoms with Crippen LogP contribution in [0.2, 0.25) is 0 Å². The number of hydrogen-bond donors (Lipinski definition) is 2. The third-order valence-corrected chi connectivity index (χ3v) is 2.50. The molecule has 2 amide bonds. The maximum atomic E-state index is 12.6. The van der Waals surface area contributed by atoms with Crippen LogP contribution in [0.25, 0.3) is 0 Å². The zero-order valence-electron chi connectivity index (χ0n) is 11.3. The van der Waals surface area contributed by atoms with Gasteiger partial charge in [-0.1, -0.05) is 6.58 Å². The lowest BCUT2D eigenvalue weighted by Gasteiger charge is -2.06. The number of hydrogen-bond acceptors (Lipinski definition) is 3. The van der Waals surface area contributed by atoms with Crippen molar-refractivity contribution in [2.24, 2.45) is 0 Å². The molecule has 0 atom stereocenters. The Bertz CT molecular complexity index is 537. The first-order chi connectivity index (χ1) is 9.79. The lowest BCUT2D eigenvalue weighted by atomic mass is 10.3. The van der Waals surface area contributed by atoms with Crippen LogP contribution in [0, 0.1) is 0 Å². The second kappa shape index (κ2) is 6.91. The van der Waals surface area contributed by atoms with Gasteiger partial charge in [-0.25, -0.2) is 0 Å². The van der Waals surface area contributed by atoms with Crippen molar-refractivity contribution in [2.75, 3.05) is 13.1 Å². The molecule has 0 saturated carbocycles. The Morgan fingerprint density at radius 2 is 2.00 bits per heavy atom. The van der Waals surface area contributed by atoms with Crippen molar-refractivity contribution in [1.82, 2.24) is 20.4 Å². The zero-order valence-corrected chi connectivity index (χ0v) is 11.3. The number of carbonyl (C=O) groups is 2. The number of halogens is 3. The van der Waals surface area contributed by atoms with Gasteiger partial charge in [0, 0.05) is 25.7 Å². The van der Waals surface area contributed by atoms with E-state index in [0.29, 0.717) is 6.07 Å². The largest absolute Gasteiger partial charge is 0.435 e. The summed E-state index contributed by atoms with van der Waals surface area (Å²) in [6, 6.07) is 0.696. The predicted molar refractivity (Wildman–Crippen MR) is 68.4 cm³/mol. The molecule has 1 aromatic rings. The molecule has 2 N–H and O–H groups in total. The third-order valence-electron chi connectivity index (χ3n) is 2.50. The van der Waals surface area contributed by atoms with Crippen molar-refractivity contribution < 1.29 is 22.8 Å². The summed E-state index contributed by atoms with van der Waals surface area (Å²) in [5.41, 5.74) is -1.30. The fourth-order valence-electron chi connectivity index (χ4n) is 1.50. The number of aryl methyl sites for hydroxylation is 1. The summed E-state index contributed by atoms with van der Waals surface area (Å²) in [6.07, 6.45) is -3.53. The molecule has 6 nitrogen and oxygen atoms in total. The molecule has 116 valence electrons. The molecule has 0 spiro atoms. The summed E-state index contributed by atoms with van der Waals surface area (Å²) in [7, 11) is 0. The van der Waals surface area contributed by atoms with Gasteiger partial charge in [-0.3, -0.25) is 14.3 Å². The highest BCUT2D eigenvalue weighted by atomic mass is 19.4. The van der Waals surface area contributed by atoms with Gasteiger partial charge in [0.25, 0.3) is 5.91 Å². The van der Waals surface area contributed by atoms with Crippen molar-refractivity contribution in [3.05, 3.63) is 30.1 Å². The van der Waals surface area contributed by atoms with Crippen LogP contribution in [-0.4, -0.2) is 34.7 Å². The smallest absolute Gasteiger partial charge is 0.351 e. The van der Waals surface area contributed by atoms with Gasteiger partial charge in [0.05, 0.1) is 0 Å². The van der Waals surface area contributed by atoms with E-state index < -0.39 is 23.7 Å². The molecule has 0 aliphatic heterocycles. The van der Waals surface area contributed by atoms with Crippen LogP contribution in [0.5, 0.6) is 0 Å². The minimum Gasteiger partial charge on any atom is -0.351 e. The molecular formula is C12H15F3N4O2. The Hall–Kier alpha value is -2.32. The molecule has 0 saturated heterocycles. The number of carbonyl (C=O) groups excluding carboxylic acids is 2. The van der Waals surface area contributed by atoms with Gasteiger partial charge in [0.2, 0.25) is 5.91 Å². The van der Waals surface area contributed by atoms with Crippen LogP contribution >= 0.6 is 0 Å². The highest BCUT2D eigenvalue weighted by molar-refractivity contribution is 5.92. The van der Waals surface area contributed by atoms with Gasteiger partial charge in [-0.05, 0) is 13.0 Å². The number of amides is 2. The molecule has 0 unspecified atom stereocenters. The third kappa shape index (κ3) is 4.62. The first kappa shape index (κ1) is 16.7. The quantitative estimate of drug-likeness (QED) is 0.607. The maximum Gasteiger partial charge on any atom is 0.435 e. The van der Waals surface area contributed by atoms with Gasteiger partial charge in [-0.2, -0.15) is 18.3 Å². The molecule has 0 fully saturated rings. The van der Waals surface area contributed by atoms with E-state index in [1.165, 1.54) is 0 Å². The lowest BCUT2D eigenvalue weighted by Crippen LogP contribution is -2.34. The summed E-state index contributed by atoms with van der Waals surface area (Å²) in [4.78, 5) is 22.7. The average Bonchev–Trinajstić information content (AvgIpc) is 2.87. The number of alkyl halides is 3. The van der Waals surface area contributed by atoms with Gasteiger partial charge < -0.3 is 10.6 Å². The normalized spacial score (nSPS) is 11.0. The number of nitrogens with zero attached hydrogens (tertiary/aromatic N) is 2. The SMILES string of the molecule is C=CC(=O)NCCNC(=O)c1cc(C(F)(F)F)nn1CC. The molecule has 9 heteroatoms. The zero-order chi connectivity index (χ0) is 16.0. The molecule has 1 heterocycles. The molecule has 0 bridgehead atoms. The predicted octanol–water partition coefficient (Wildman–Crippen LogP) is 0.954. The van der Waals surface area contributed by atoms with Crippen LogP contribution in [0.4, 0.5) is 13.2 Å². The van der Waals surface area contributed by atoms with E-state index in [1.54, 1.807) is 6.92 Å². The highest BCUT2D eigenvalue weighted by Gasteiger charge is 2.35. The molecule has 21 heavy (non-hydrogen) atoms. The Morgan fingerprint density at radius 3 is 2.52 bits per heavy atom. The van der Waals surface area contributed by atoms with Crippen LogP contribution in [0.1, 0.15) is 23.1 Å². The second-order valence-corrected chi connectivity index (χ2v) is 3.98. The first-order valence-electron chi connectivity index (χ1n) is 6.13. The first-order valence-corrected chi connectivity index (χ1v) is 6.13. The van der Waals surface area contributed by atoms with Crippen LogP contribution < -0.4 is 10.6 Å². The minimum absolute atomic E-state index is 0.0780. The maximum absolute atomic E-state index is 12.6.